The summed E-state index contributed by atoms with van der Waals surface area (Å²) in [4.78, 5) is 10.4. The molecule has 0 fully saturated rings. The van der Waals surface area contributed by atoms with Gasteiger partial charge in [0.1, 0.15) is 0 Å². The molecule has 0 heterocycles. The number of allylic oxidation sites excluding steroid dienone is 3. The van der Waals surface area contributed by atoms with E-state index in [4.69, 9.17) is 5.21 Å². The van der Waals surface area contributed by atoms with Crippen LogP contribution in [0.4, 0.5) is 0 Å². The van der Waals surface area contributed by atoms with E-state index in [0.29, 0.717) is 6.42 Å². The van der Waals surface area contributed by atoms with Crippen molar-refractivity contribution in [2.45, 2.75) is 19.3 Å². The molecule has 3 heteroatoms. The van der Waals surface area contributed by atoms with Gasteiger partial charge in [-0.05, 0) is 12.8 Å². The third kappa shape index (κ3) is 6.80. The first-order valence-electron chi connectivity index (χ1n) is 3.51. The van der Waals surface area contributed by atoms with Crippen LogP contribution in [0.25, 0.3) is 0 Å². The highest BCUT2D eigenvalue weighted by Crippen LogP contribution is 1.95. The Morgan fingerprint density at radius 3 is 2.91 bits per heavy atom. The van der Waals surface area contributed by atoms with Gasteiger partial charge in [-0.25, -0.2) is 5.48 Å². The van der Waals surface area contributed by atoms with E-state index in [1.165, 1.54) is 0 Å². The second kappa shape index (κ2) is 7.02. The Morgan fingerprint density at radius 1 is 1.64 bits per heavy atom. The molecule has 0 saturated heterocycles. The van der Waals surface area contributed by atoms with Gasteiger partial charge in [-0.2, -0.15) is 0 Å². The van der Waals surface area contributed by atoms with E-state index in [2.05, 4.69) is 6.58 Å². The highest BCUT2D eigenvalue weighted by atomic mass is 16.5. The second-order valence-corrected chi connectivity index (χ2v) is 2.09. The zero-order valence-electron chi connectivity index (χ0n) is 6.42. The van der Waals surface area contributed by atoms with Gasteiger partial charge in [0.15, 0.2) is 0 Å². The smallest absolute Gasteiger partial charge is 0.243 e. The molecular weight excluding hydrogens is 142 g/mol. The number of amides is 1. The van der Waals surface area contributed by atoms with E-state index in [1.807, 2.05) is 12.2 Å². The third-order valence-electron chi connectivity index (χ3n) is 1.17. The number of rotatable bonds is 5. The van der Waals surface area contributed by atoms with Gasteiger partial charge in [-0.3, -0.25) is 10.0 Å². The molecule has 11 heavy (non-hydrogen) atoms. The Bertz CT molecular complexity index is 152. The van der Waals surface area contributed by atoms with Gasteiger partial charge in [-0.15, -0.1) is 0 Å². The van der Waals surface area contributed by atoms with Crippen molar-refractivity contribution in [1.82, 2.24) is 5.48 Å². The average Bonchev–Trinajstić information content (AvgIpc) is 2.04. The largest absolute Gasteiger partial charge is 0.289 e. The molecule has 0 radical (unpaired) electrons. The molecule has 0 aliphatic rings. The maximum absolute atomic E-state index is 10.4. The fourth-order valence-corrected chi connectivity index (χ4v) is 0.629. The molecule has 0 bridgehead atoms. The zero-order valence-corrected chi connectivity index (χ0v) is 6.42. The topological polar surface area (TPSA) is 49.3 Å². The van der Waals surface area contributed by atoms with Crippen LogP contribution in [0.15, 0.2) is 24.8 Å². The van der Waals surface area contributed by atoms with Crippen LogP contribution in [-0.4, -0.2) is 11.1 Å². The minimum Gasteiger partial charge on any atom is -0.289 e. The van der Waals surface area contributed by atoms with Gasteiger partial charge in [0, 0.05) is 6.42 Å². The molecule has 0 saturated carbocycles. The van der Waals surface area contributed by atoms with Crippen molar-refractivity contribution in [3.05, 3.63) is 24.8 Å². The number of hydrogen-bond acceptors (Lipinski definition) is 2. The van der Waals surface area contributed by atoms with Crippen molar-refractivity contribution in [3.63, 3.8) is 0 Å². The van der Waals surface area contributed by atoms with Crippen LogP contribution >= 0.6 is 0 Å². The number of carbonyl (C=O) groups is 1. The summed E-state index contributed by atoms with van der Waals surface area (Å²) in [6.45, 7) is 3.50. The Hall–Kier alpha value is -1.09. The SMILES string of the molecule is C=C/C=C/CCCC(=O)NO. The van der Waals surface area contributed by atoms with Crippen molar-refractivity contribution >= 4 is 5.91 Å². The summed E-state index contributed by atoms with van der Waals surface area (Å²) in [5, 5.41) is 8.10. The zero-order chi connectivity index (χ0) is 8.53. The number of hydroxylamine groups is 1. The Kier molecular flexibility index (Phi) is 6.33. The lowest BCUT2D eigenvalue weighted by molar-refractivity contribution is -0.129. The molecule has 3 nitrogen and oxygen atoms in total. The predicted molar refractivity (Wildman–Crippen MR) is 43.1 cm³/mol. The third-order valence-corrected chi connectivity index (χ3v) is 1.17. The molecule has 0 aromatic heterocycles. The summed E-state index contributed by atoms with van der Waals surface area (Å²) in [6, 6.07) is 0. The number of nitrogens with one attached hydrogen (secondary N) is 1. The Balaban J connectivity index is 3.20. The molecule has 0 aliphatic carbocycles. The van der Waals surface area contributed by atoms with E-state index in [0.717, 1.165) is 12.8 Å². The van der Waals surface area contributed by atoms with Crippen LogP contribution in [-0.2, 0) is 4.79 Å². The van der Waals surface area contributed by atoms with E-state index in [9.17, 15) is 4.79 Å². The van der Waals surface area contributed by atoms with Crippen molar-refractivity contribution in [1.29, 1.82) is 0 Å². The van der Waals surface area contributed by atoms with Gasteiger partial charge in [0.25, 0.3) is 0 Å². The van der Waals surface area contributed by atoms with Crippen molar-refractivity contribution in [2.24, 2.45) is 0 Å². The molecule has 0 aromatic rings. The normalized spacial score (nSPS) is 9.91. The quantitative estimate of drug-likeness (QED) is 0.273. The highest BCUT2D eigenvalue weighted by Gasteiger charge is 1.95. The van der Waals surface area contributed by atoms with Crippen molar-refractivity contribution < 1.29 is 10.0 Å². The lowest BCUT2D eigenvalue weighted by atomic mass is 10.2. The van der Waals surface area contributed by atoms with Crippen molar-refractivity contribution in [3.8, 4) is 0 Å². The molecule has 1 amide bonds. The van der Waals surface area contributed by atoms with E-state index in [-0.39, 0.29) is 5.91 Å². The predicted octanol–water partition coefficient (Wildman–Crippen LogP) is 1.40. The minimum absolute atomic E-state index is 0.336. The lowest BCUT2D eigenvalue weighted by Crippen LogP contribution is -2.17. The van der Waals surface area contributed by atoms with Crippen LogP contribution < -0.4 is 5.48 Å². The standard InChI is InChI=1S/C8H13NO2/c1-2-3-4-5-6-7-8(10)9-11/h2-4,11H,1,5-7H2,(H,9,10)/b4-3+. The maximum atomic E-state index is 10.4. The molecule has 0 spiro atoms. The maximum Gasteiger partial charge on any atom is 0.243 e. The number of carbonyl (C=O) groups excluding carboxylic acids is 1. The summed E-state index contributed by atoms with van der Waals surface area (Å²) in [6.07, 6.45) is 7.38. The van der Waals surface area contributed by atoms with Crippen LogP contribution in [0.1, 0.15) is 19.3 Å². The van der Waals surface area contributed by atoms with E-state index >= 15 is 0 Å². The van der Waals surface area contributed by atoms with Crippen molar-refractivity contribution in [2.75, 3.05) is 0 Å². The molecule has 62 valence electrons. The van der Waals surface area contributed by atoms with Gasteiger partial charge in [-0.1, -0.05) is 24.8 Å². The first-order valence-corrected chi connectivity index (χ1v) is 3.51. The summed E-state index contributed by atoms with van der Waals surface area (Å²) in [7, 11) is 0. The van der Waals surface area contributed by atoms with Crippen LogP contribution in [0.5, 0.6) is 0 Å². The second-order valence-electron chi connectivity index (χ2n) is 2.09. The molecule has 0 rings (SSSR count). The fraction of sp³-hybridized carbons (Fsp3) is 0.375. The summed E-state index contributed by atoms with van der Waals surface area (Å²) < 4.78 is 0. The highest BCUT2D eigenvalue weighted by molar-refractivity contribution is 5.74. The fourth-order valence-electron chi connectivity index (χ4n) is 0.629. The monoisotopic (exact) mass is 155 g/mol. The first kappa shape index (κ1) is 9.91. The van der Waals surface area contributed by atoms with Crippen LogP contribution in [0, 0.1) is 0 Å². The number of unbranched alkanes of at least 4 members (excludes halogenated alkanes) is 1. The molecule has 2 N–H and O–H groups in total. The summed E-state index contributed by atoms with van der Waals surface area (Å²) >= 11 is 0. The summed E-state index contributed by atoms with van der Waals surface area (Å²) in [5.74, 6) is -0.336. The van der Waals surface area contributed by atoms with Gasteiger partial charge in [0.05, 0.1) is 0 Å². The molecule has 0 unspecified atom stereocenters. The minimum atomic E-state index is -0.336. The van der Waals surface area contributed by atoms with E-state index in [1.54, 1.807) is 11.6 Å². The Labute approximate surface area is 66.4 Å². The number of hydrogen-bond donors (Lipinski definition) is 2. The first-order chi connectivity index (χ1) is 5.31. The van der Waals surface area contributed by atoms with Crippen LogP contribution in [0.2, 0.25) is 0 Å². The molecule has 0 aliphatic heterocycles. The van der Waals surface area contributed by atoms with Crippen LogP contribution in [0.3, 0.4) is 0 Å². The average molecular weight is 155 g/mol. The van der Waals surface area contributed by atoms with Gasteiger partial charge >= 0.3 is 0 Å². The Morgan fingerprint density at radius 2 is 2.36 bits per heavy atom. The molecule has 0 aromatic carbocycles. The van der Waals surface area contributed by atoms with Gasteiger partial charge in [0.2, 0.25) is 5.91 Å². The van der Waals surface area contributed by atoms with E-state index < -0.39 is 0 Å². The molecular formula is C8H13NO2. The lowest BCUT2D eigenvalue weighted by Gasteiger charge is -1.94. The summed E-state index contributed by atoms with van der Waals surface area (Å²) in [5.41, 5.74) is 1.57. The van der Waals surface area contributed by atoms with Gasteiger partial charge < -0.3 is 0 Å². The molecule has 0 atom stereocenters.